The smallest absolute Gasteiger partial charge is 0.330 e. The van der Waals surface area contributed by atoms with Gasteiger partial charge < -0.3 is 19.2 Å². The van der Waals surface area contributed by atoms with Gasteiger partial charge in [0.05, 0.1) is 31.7 Å². The third kappa shape index (κ3) is 10.1. The van der Waals surface area contributed by atoms with Gasteiger partial charge in [0.1, 0.15) is 5.69 Å². The van der Waals surface area contributed by atoms with Gasteiger partial charge in [-0.2, -0.15) is 0 Å². The highest BCUT2D eigenvalue weighted by atomic mass is 16.5. The first-order valence-electron chi connectivity index (χ1n) is 13.5. The number of aryl methyl sites for hydroxylation is 1. The van der Waals surface area contributed by atoms with E-state index >= 15 is 0 Å². The molecule has 1 amide bonds. The first-order chi connectivity index (χ1) is 18.7. The van der Waals surface area contributed by atoms with E-state index in [2.05, 4.69) is 24.1 Å². The number of imidazole rings is 1. The summed E-state index contributed by atoms with van der Waals surface area (Å²) >= 11 is 0. The van der Waals surface area contributed by atoms with Gasteiger partial charge in [0.2, 0.25) is 0 Å². The number of rotatable bonds is 17. The number of ketones is 2. The second-order valence-corrected chi connectivity index (χ2v) is 9.52. The van der Waals surface area contributed by atoms with Crippen LogP contribution in [0.15, 0.2) is 47.8 Å². The molecule has 0 fully saturated rings. The van der Waals surface area contributed by atoms with Gasteiger partial charge in [-0.1, -0.05) is 38.8 Å². The van der Waals surface area contributed by atoms with E-state index in [-0.39, 0.29) is 48.8 Å². The summed E-state index contributed by atoms with van der Waals surface area (Å²) < 4.78 is 7.73. The zero-order valence-electron chi connectivity index (χ0n) is 23.4. The Morgan fingerprint density at radius 1 is 1.13 bits per heavy atom. The summed E-state index contributed by atoms with van der Waals surface area (Å²) in [4.78, 5) is 67.2. The minimum atomic E-state index is -0.908. The highest BCUT2D eigenvalue weighted by molar-refractivity contribution is 5.97. The van der Waals surface area contributed by atoms with Crippen LogP contribution < -0.4 is 10.9 Å². The number of ether oxygens (including phenoxy) is 1. The number of carbonyl (C=O) groups is 4. The number of carbonyl (C=O) groups excluding carboxylic acids is 4. The first-order valence-corrected chi connectivity index (χ1v) is 13.5. The van der Waals surface area contributed by atoms with Crippen molar-refractivity contribution in [2.24, 2.45) is 13.0 Å². The fourth-order valence-electron chi connectivity index (χ4n) is 4.24. The quantitative estimate of drug-likeness (QED) is 0.241. The third-order valence-corrected chi connectivity index (χ3v) is 6.70. The number of amides is 1. The Morgan fingerprint density at radius 2 is 1.87 bits per heavy atom. The van der Waals surface area contributed by atoms with Crippen molar-refractivity contribution in [3.05, 3.63) is 64.6 Å². The maximum Gasteiger partial charge on any atom is 0.330 e. The molecule has 0 saturated carbocycles. The largest absolute Gasteiger partial charge is 0.463 e. The maximum atomic E-state index is 13.3. The van der Waals surface area contributed by atoms with Crippen molar-refractivity contribution in [1.29, 1.82) is 0 Å². The second kappa shape index (κ2) is 16.2. The summed E-state index contributed by atoms with van der Waals surface area (Å²) in [6.45, 7) is 6.12. The Bertz CT molecular complexity index is 1210. The normalized spacial score (nSPS) is 12.0. The second-order valence-electron chi connectivity index (χ2n) is 9.52. The van der Waals surface area contributed by atoms with Gasteiger partial charge >= 0.3 is 5.97 Å². The number of nitrogens with one attached hydrogen (secondary N) is 1. The molecule has 39 heavy (non-hydrogen) atoms. The number of nitrogens with zero attached hydrogens (tertiary/aromatic N) is 3. The monoisotopic (exact) mass is 540 g/mol. The molecule has 0 bridgehead atoms. The van der Waals surface area contributed by atoms with Gasteiger partial charge in [-0.15, -0.1) is 0 Å². The summed E-state index contributed by atoms with van der Waals surface area (Å²) in [5, 5.41) is 2.74. The van der Waals surface area contributed by atoms with E-state index in [4.69, 9.17) is 4.74 Å². The highest BCUT2D eigenvalue weighted by Gasteiger charge is 2.23. The Morgan fingerprint density at radius 3 is 2.51 bits per heavy atom. The number of Topliss-reactive ketones (excluding diaryl/α,β-unsaturated/α-hetero) is 2. The minimum Gasteiger partial charge on any atom is -0.463 e. The summed E-state index contributed by atoms with van der Waals surface area (Å²) in [7, 11) is 1.67. The van der Waals surface area contributed by atoms with Crippen LogP contribution in [0.25, 0.3) is 0 Å². The van der Waals surface area contributed by atoms with Crippen molar-refractivity contribution < 1.29 is 23.9 Å². The van der Waals surface area contributed by atoms with Gasteiger partial charge in [-0.25, -0.2) is 9.78 Å². The SMILES string of the molecule is CCOC(=O)/C=C/CC[C@H](NC(=O)c1cncn1C)C(=O)Cc1cccn(CC(=O)CCC(CC)CC)c1=O. The lowest BCUT2D eigenvalue weighted by molar-refractivity contribution is -0.137. The molecule has 2 heterocycles. The van der Waals surface area contributed by atoms with Crippen LogP contribution >= 0.6 is 0 Å². The molecular weight excluding hydrogens is 500 g/mol. The van der Waals surface area contributed by atoms with Crippen LogP contribution in [-0.2, 0) is 39.1 Å². The van der Waals surface area contributed by atoms with E-state index in [1.807, 2.05) is 0 Å². The topological polar surface area (TPSA) is 129 Å². The third-order valence-electron chi connectivity index (χ3n) is 6.70. The first kappa shape index (κ1) is 31.4. The molecule has 10 heteroatoms. The molecule has 0 unspecified atom stereocenters. The number of esters is 1. The van der Waals surface area contributed by atoms with Gasteiger partial charge in [0.25, 0.3) is 11.5 Å². The molecule has 0 aliphatic rings. The summed E-state index contributed by atoms with van der Waals surface area (Å²) in [5.41, 5.74) is 0.127. The van der Waals surface area contributed by atoms with Crippen molar-refractivity contribution >= 4 is 23.4 Å². The predicted octanol–water partition coefficient (Wildman–Crippen LogP) is 3.18. The molecule has 0 radical (unpaired) electrons. The van der Waals surface area contributed by atoms with Crippen LogP contribution in [0.3, 0.4) is 0 Å². The van der Waals surface area contributed by atoms with E-state index in [0.29, 0.717) is 18.8 Å². The van der Waals surface area contributed by atoms with E-state index in [1.54, 1.807) is 38.4 Å². The average molecular weight is 541 g/mol. The lowest BCUT2D eigenvalue weighted by atomic mass is 9.96. The van der Waals surface area contributed by atoms with Crippen LogP contribution in [0.1, 0.15) is 75.3 Å². The van der Waals surface area contributed by atoms with E-state index in [0.717, 1.165) is 19.3 Å². The van der Waals surface area contributed by atoms with Crippen LogP contribution in [-0.4, -0.2) is 50.2 Å². The maximum absolute atomic E-state index is 13.3. The standard InChI is InChI=1S/C29H40N4O6/c1-5-21(6-2)14-15-23(34)19-33-16-10-11-22(29(33)38)17-26(35)24(12-8-9-13-27(36)39-7-3)31-28(37)25-18-30-20-32(25)4/h9-11,13,16,18,20-21,24H,5-8,12,14-15,17,19H2,1-4H3,(H,31,37)/b13-9+/t24-/m0/s1. The summed E-state index contributed by atoms with van der Waals surface area (Å²) in [5.74, 6) is -0.859. The van der Waals surface area contributed by atoms with Crippen LogP contribution in [0.5, 0.6) is 0 Å². The molecule has 2 aromatic rings. The number of pyridine rings is 1. The molecule has 10 nitrogen and oxygen atoms in total. The summed E-state index contributed by atoms with van der Waals surface area (Å²) in [6.07, 6.45) is 10.8. The molecule has 212 valence electrons. The Balaban J connectivity index is 2.13. The van der Waals surface area contributed by atoms with Crippen molar-refractivity contribution in [2.75, 3.05) is 6.61 Å². The Kier molecular flexibility index (Phi) is 13.1. The molecular formula is C29H40N4O6. The van der Waals surface area contributed by atoms with Gasteiger partial charge in [-0.05, 0) is 38.2 Å². The molecule has 2 rings (SSSR count). The van der Waals surface area contributed by atoms with E-state index in [1.165, 1.54) is 27.7 Å². The van der Waals surface area contributed by atoms with Crippen molar-refractivity contribution in [2.45, 2.75) is 78.3 Å². The van der Waals surface area contributed by atoms with Crippen LogP contribution in [0.2, 0.25) is 0 Å². The van der Waals surface area contributed by atoms with E-state index in [9.17, 15) is 24.0 Å². The van der Waals surface area contributed by atoms with Crippen molar-refractivity contribution in [1.82, 2.24) is 19.4 Å². The number of hydrogen-bond donors (Lipinski definition) is 1. The zero-order valence-corrected chi connectivity index (χ0v) is 23.4. The predicted molar refractivity (Wildman–Crippen MR) is 147 cm³/mol. The summed E-state index contributed by atoms with van der Waals surface area (Å²) in [6, 6.07) is 2.30. The zero-order chi connectivity index (χ0) is 28.8. The lowest BCUT2D eigenvalue weighted by Crippen LogP contribution is -2.42. The lowest BCUT2D eigenvalue weighted by Gasteiger charge is -2.17. The Labute approximate surface area is 229 Å². The van der Waals surface area contributed by atoms with Crippen LogP contribution in [0, 0.1) is 5.92 Å². The Hall–Kier alpha value is -3.82. The average Bonchev–Trinajstić information content (AvgIpc) is 3.34. The number of allylic oxidation sites excluding steroid dienone is 1. The van der Waals surface area contributed by atoms with Gasteiger partial charge in [-0.3, -0.25) is 19.2 Å². The molecule has 0 spiro atoms. The fraction of sp³-hybridized carbons (Fsp3) is 0.517. The number of aromatic nitrogens is 3. The molecule has 1 N–H and O–H groups in total. The minimum absolute atomic E-state index is 0.0258. The molecule has 0 saturated heterocycles. The molecule has 2 aromatic heterocycles. The van der Waals surface area contributed by atoms with E-state index < -0.39 is 23.5 Å². The molecule has 0 aromatic carbocycles. The van der Waals surface area contributed by atoms with Crippen LogP contribution in [0.4, 0.5) is 0 Å². The molecule has 1 atom stereocenters. The molecule has 0 aliphatic heterocycles. The number of hydrogen-bond acceptors (Lipinski definition) is 7. The van der Waals surface area contributed by atoms with Gasteiger partial charge in [0, 0.05) is 37.7 Å². The van der Waals surface area contributed by atoms with Crippen molar-refractivity contribution in [3.63, 3.8) is 0 Å². The van der Waals surface area contributed by atoms with Crippen molar-refractivity contribution in [3.8, 4) is 0 Å². The molecule has 0 aliphatic carbocycles. The fourth-order valence-corrected chi connectivity index (χ4v) is 4.24. The van der Waals surface area contributed by atoms with Gasteiger partial charge in [0.15, 0.2) is 11.6 Å². The highest BCUT2D eigenvalue weighted by Crippen LogP contribution is 2.15.